The predicted octanol–water partition coefficient (Wildman–Crippen LogP) is 2.62. The highest BCUT2D eigenvalue weighted by Gasteiger charge is 2.34. The number of carbonyl (C=O) groups excluding carboxylic acids is 2. The number of hydrogen-bond acceptors (Lipinski definition) is 6. The van der Waals surface area contributed by atoms with Gasteiger partial charge >= 0.3 is 0 Å². The average Bonchev–Trinajstić information content (AvgIpc) is 3.22. The monoisotopic (exact) mass is 412 g/mol. The number of ether oxygens (including phenoxy) is 1. The number of likely N-dealkylation sites (tertiary alicyclic amines) is 1. The highest BCUT2D eigenvalue weighted by atomic mass is 16.6. The summed E-state index contributed by atoms with van der Waals surface area (Å²) in [4.78, 5) is 42.0. The molecule has 2 heterocycles. The smallest absolute Gasteiger partial charge is 0.272 e. The minimum atomic E-state index is -0.583. The topological polar surface area (TPSA) is 115 Å². The number of nitro groups is 1. The second kappa shape index (κ2) is 9.34. The molecule has 1 N–H and O–H groups in total. The van der Waals surface area contributed by atoms with Gasteiger partial charge in [0.25, 0.3) is 11.6 Å². The first-order valence-electron chi connectivity index (χ1n) is 9.82. The molecule has 1 saturated heterocycles. The van der Waals surface area contributed by atoms with Crippen LogP contribution in [0, 0.1) is 17.0 Å². The molecule has 9 heteroatoms. The molecule has 1 aromatic carbocycles. The van der Waals surface area contributed by atoms with Crippen molar-refractivity contribution in [1.82, 2.24) is 15.2 Å². The zero-order valence-corrected chi connectivity index (χ0v) is 17.0. The molecule has 0 radical (unpaired) electrons. The van der Waals surface area contributed by atoms with E-state index < -0.39 is 11.0 Å². The fraction of sp³-hybridized carbons (Fsp3) is 0.381. The average molecular weight is 412 g/mol. The second-order valence-electron chi connectivity index (χ2n) is 7.03. The highest BCUT2D eigenvalue weighted by molar-refractivity contribution is 5.98. The molecule has 0 aliphatic carbocycles. The van der Waals surface area contributed by atoms with E-state index in [2.05, 4.69) is 10.3 Å². The summed E-state index contributed by atoms with van der Waals surface area (Å²) in [5, 5.41) is 13.9. The normalized spacial score (nSPS) is 15.7. The van der Waals surface area contributed by atoms with Crippen LogP contribution in [0.15, 0.2) is 36.5 Å². The van der Waals surface area contributed by atoms with Crippen LogP contribution in [0.3, 0.4) is 0 Å². The number of aryl methyl sites for hydroxylation is 1. The minimum absolute atomic E-state index is 0.0381. The summed E-state index contributed by atoms with van der Waals surface area (Å²) in [5.41, 5.74) is 1.47. The van der Waals surface area contributed by atoms with Gasteiger partial charge in [0, 0.05) is 42.0 Å². The van der Waals surface area contributed by atoms with Crippen molar-refractivity contribution in [2.45, 2.75) is 39.3 Å². The molecular weight excluding hydrogens is 388 g/mol. The van der Waals surface area contributed by atoms with Crippen LogP contribution in [-0.2, 0) is 11.3 Å². The summed E-state index contributed by atoms with van der Waals surface area (Å²) in [5.74, 6) is -0.0752. The SMILES string of the molecule is CCOc1ncccc1CNC(=O)C1CCCN1C(=O)c1ccc([N+](=O)[O-])c(C)c1. The van der Waals surface area contributed by atoms with Crippen LogP contribution in [0.4, 0.5) is 5.69 Å². The van der Waals surface area contributed by atoms with Crippen molar-refractivity contribution < 1.29 is 19.2 Å². The number of nitrogens with zero attached hydrogens (tertiary/aromatic N) is 3. The van der Waals surface area contributed by atoms with Crippen molar-refractivity contribution >= 4 is 17.5 Å². The van der Waals surface area contributed by atoms with Crippen molar-refractivity contribution in [2.24, 2.45) is 0 Å². The van der Waals surface area contributed by atoms with Crippen molar-refractivity contribution in [3.8, 4) is 5.88 Å². The van der Waals surface area contributed by atoms with E-state index in [-0.39, 0.29) is 24.0 Å². The molecule has 2 amide bonds. The third-order valence-electron chi connectivity index (χ3n) is 5.04. The van der Waals surface area contributed by atoms with E-state index in [9.17, 15) is 19.7 Å². The maximum absolute atomic E-state index is 13.0. The lowest BCUT2D eigenvalue weighted by Crippen LogP contribution is -2.45. The third-order valence-corrected chi connectivity index (χ3v) is 5.04. The van der Waals surface area contributed by atoms with Crippen LogP contribution in [0.1, 0.15) is 41.3 Å². The van der Waals surface area contributed by atoms with E-state index in [4.69, 9.17) is 4.74 Å². The Kier molecular flexibility index (Phi) is 6.61. The van der Waals surface area contributed by atoms with E-state index in [0.29, 0.717) is 43.0 Å². The number of nitro benzene ring substituents is 1. The Hall–Kier alpha value is -3.49. The lowest BCUT2D eigenvalue weighted by atomic mass is 10.1. The molecule has 0 saturated carbocycles. The number of carbonyl (C=O) groups is 2. The van der Waals surface area contributed by atoms with Gasteiger partial charge in [0.1, 0.15) is 6.04 Å². The van der Waals surface area contributed by atoms with Gasteiger partial charge in [-0.3, -0.25) is 19.7 Å². The predicted molar refractivity (Wildman–Crippen MR) is 109 cm³/mol. The van der Waals surface area contributed by atoms with Gasteiger partial charge in [-0.1, -0.05) is 6.07 Å². The fourth-order valence-corrected chi connectivity index (χ4v) is 3.57. The molecule has 1 atom stereocenters. The zero-order valence-electron chi connectivity index (χ0n) is 17.0. The summed E-state index contributed by atoms with van der Waals surface area (Å²) in [6.07, 6.45) is 2.90. The quantitative estimate of drug-likeness (QED) is 0.552. The number of pyridine rings is 1. The van der Waals surface area contributed by atoms with E-state index in [0.717, 1.165) is 5.56 Å². The lowest BCUT2D eigenvalue weighted by Gasteiger charge is -2.24. The van der Waals surface area contributed by atoms with Crippen molar-refractivity contribution in [1.29, 1.82) is 0 Å². The number of benzene rings is 1. The molecule has 3 rings (SSSR count). The van der Waals surface area contributed by atoms with Gasteiger partial charge in [-0.05, 0) is 44.9 Å². The summed E-state index contributed by atoms with van der Waals surface area (Å²) in [6, 6.07) is 7.27. The van der Waals surface area contributed by atoms with Gasteiger partial charge in [-0.15, -0.1) is 0 Å². The molecule has 1 aromatic heterocycles. The van der Waals surface area contributed by atoms with Gasteiger partial charge in [-0.25, -0.2) is 4.98 Å². The Labute approximate surface area is 174 Å². The van der Waals surface area contributed by atoms with Crippen LogP contribution in [-0.4, -0.2) is 45.8 Å². The first kappa shape index (κ1) is 21.2. The van der Waals surface area contributed by atoms with Crippen molar-refractivity contribution in [2.75, 3.05) is 13.2 Å². The summed E-state index contributed by atoms with van der Waals surface area (Å²) in [7, 11) is 0. The van der Waals surface area contributed by atoms with Gasteiger partial charge in [-0.2, -0.15) is 0 Å². The fourth-order valence-electron chi connectivity index (χ4n) is 3.57. The van der Waals surface area contributed by atoms with E-state index >= 15 is 0 Å². The molecule has 1 unspecified atom stereocenters. The van der Waals surface area contributed by atoms with E-state index in [1.807, 2.05) is 13.0 Å². The number of amides is 2. The van der Waals surface area contributed by atoms with Gasteiger partial charge in [0.15, 0.2) is 0 Å². The highest BCUT2D eigenvalue weighted by Crippen LogP contribution is 2.24. The zero-order chi connectivity index (χ0) is 21.7. The summed E-state index contributed by atoms with van der Waals surface area (Å²) >= 11 is 0. The third kappa shape index (κ3) is 4.56. The van der Waals surface area contributed by atoms with Crippen LogP contribution in [0.2, 0.25) is 0 Å². The minimum Gasteiger partial charge on any atom is -0.478 e. The molecule has 9 nitrogen and oxygen atoms in total. The van der Waals surface area contributed by atoms with E-state index in [1.165, 1.54) is 23.1 Å². The maximum Gasteiger partial charge on any atom is 0.272 e. The van der Waals surface area contributed by atoms with Crippen LogP contribution in [0.5, 0.6) is 5.88 Å². The summed E-state index contributed by atoms with van der Waals surface area (Å²) < 4.78 is 5.47. The van der Waals surface area contributed by atoms with Gasteiger partial charge < -0.3 is 15.0 Å². The number of aromatic nitrogens is 1. The number of rotatable bonds is 7. The molecule has 158 valence electrons. The van der Waals surface area contributed by atoms with Crippen LogP contribution in [0.25, 0.3) is 0 Å². The molecular formula is C21H24N4O5. The van der Waals surface area contributed by atoms with Crippen molar-refractivity contribution in [3.63, 3.8) is 0 Å². The van der Waals surface area contributed by atoms with Crippen LogP contribution >= 0.6 is 0 Å². The first-order valence-corrected chi connectivity index (χ1v) is 9.82. The first-order chi connectivity index (χ1) is 14.4. The Morgan fingerprint density at radius 1 is 1.37 bits per heavy atom. The number of hydrogen-bond donors (Lipinski definition) is 1. The molecule has 1 aliphatic heterocycles. The Morgan fingerprint density at radius 3 is 2.87 bits per heavy atom. The molecule has 0 bridgehead atoms. The van der Waals surface area contributed by atoms with Crippen molar-refractivity contribution in [3.05, 3.63) is 63.3 Å². The lowest BCUT2D eigenvalue weighted by molar-refractivity contribution is -0.385. The van der Waals surface area contributed by atoms with Gasteiger partial charge in [0.2, 0.25) is 11.8 Å². The standard InChI is InChI=1S/C21H24N4O5/c1-3-30-20-16(6-4-10-22-20)13-23-19(26)18-7-5-11-24(18)21(27)15-8-9-17(25(28)29)14(2)12-15/h4,6,8-10,12,18H,3,5,7,11,13H2,1-2H3,(H,23,26). The number of nitrogens with one attached hydrogen (secondary N) is 1. The second-order valence-corrected chi connectivity index (χ2v) is 7.03. The largest absolute Gasteiger partial charge is 0.478 e. The maximum atomic E-state index is 13.0. The van der Waals surface area contributed by atoms with E-state index in [1.54, 1.807) is 19.2 Å². The molecule has 1 aliphatic rings. The Balaban J connectivity index is 1.69. The van der Waals surface area contributed by atoms with Crippen LogP contribution < -0.4 is 10.1 Å². The Bertz CT molecular complexity index is 962. The molecule has 0 spiro atoms. The van der Waals surface area contributed by atoms with Gasteiger partial charge in [0.05, 0.1) is 11.5 Å². The molecule has 1 fully saturated rings. The molecule has 30 heavy (non-hydrogen) atoms. The molecule has 2 aromatic rings. The Morgan fingerprint density at radius 2 is 2.17 bits per heavy atom. The summed E-state index contributed by atoms with van der Waals surface area (Å²) in [6.45, 7) is 4.63.